The van der Waals surface area contributed by atoms with Crippen molar-refractivity contribution in [2.24, 2.45) is 11.7 Å². The van der Waals surface area contributed by atoms with Crippen LogP contribution in [0.3, 0.4) is 0 Å². The number of aliphatic carboxylic acids is 1. The first-order valence-corrected chi connectivity index (χ1v) is 7.43. The number of hydrogen-bond acceptors (Lipinski definition) is 4. The Morgan fingerprint density at radius 3 is 2.16 bits per heavy atom. The van der Waals surface area contributed by atoms with E-state index in [1.54, 1.807) is 26.0 Å². The van der Waals surface area contributed by atoms with Crippen molar-refractivity contribution in [2.75, 3.05) is 0 Å². The van der Waals surface area contributed by atoms with Gasteiger partial charge in [-0.25, -0.2) is 13.2 Å². The van der Waals surface area contributed by atoms with Crippen molar-refractivity contribution in [3.05, 3.63) is 29.8 Å². The number of carboxylic acid groups (broad SMARTS) is 1. The Hall–Kier alpha value is -1.40. The molecule has 0 fully saturated rings. The monoisotopic (exact) mass is 285 g/mol. The Morgan fingerprint density at radius 1 is 1.32 bits per heavy atom. The summed E-state index contributed by atoms with van der Waals surface area (Å²) >= 11 is 0. The number of nitrogens with two attached hydrogens (primary N) is 1. The molecule has 6 heteroatoms. The summed E-state index contributed by atoms with van der Waals surface area (Å²) < 4.78 is 24.9. The molecule has 0 amide bonds. The number of sulfone groups is 1. The second kappa shape index (κ2) is 5.30. The van der Waals surface area contributed by atoms with Crippen LogP contribution in [0, 0.1) is 12.8 Å². The lowest BCUT2D eigenvalue weighted by Gasteiger charge is -2.26. The first-order chi connectivity index (χ1) is 8.61. The van der Waals surface area contributed by atoms with Gasteiger partial charge < -0.3 is 10.8 Å². The Balaban J connectivity index is 3.36. The minimum atomic E-state index is -4.13. The molecule has 5 nitrogen and oxygen atoms in total. The van der Waals surface area contributed by atoms with Crippen LogP contribution in [0.2, 0.25) is 0 Å². The Bertz CT molecular complexity index is 563. The zero-order valence-corrected chi connectivity index (χ0v) is 12.1. The minimum absolute atomic E-state index is 0.0661. The zero-order chi connectivity index (χ0) is 14.8. The lowest BCUT2D eigenvalue weighted by atomic mass is 10.0. The molecule has 0 aliphatic heterocycles. The number of rotatable bonds is 5. The molecule has 1 atom stereocenters. The van der Waals surface area contributed by atoms with E-state index < -0.39 is 20.7 Å². The molecule has 0 aliphatic carbocycles. The highest BCUT2D eigenvalue weighted by Gasteiger charge is 2.48. The molecule has 3 N–H and O–H groups in total. The summed E-state index contributed by atoms with van der Waals surface area (Å²) in [6.07, 6.45) is -0.140. The molecule has 106 valence electrons. The maximum absolute atomic E-state index is 12.4. The Kier molecular flexibility index (Phi) is 4.37. The first-order valence-electron chi connectivity index (χ1n) is 5.95. The number of benzene rings is 1. The maximum Gasteiger partial charge on any atom is 0.339 e. The number of hydrogen-bond donors (Lipinski definition) is 2. The largest absolute Gasteiger partial charge is 0.479 e. The fourth-order valence-electron chi connectivity index (χ4n) is 1.85. The van der Waals surface area contributed by atoms with E-state index in [1.165, 1.54) is 12.1 Å². The van der Waals surface area contributed by atoms with Crippen LogP contribution in [0.4, 0.5) is 0 Å². The topological polar surface area (TPSA) is 97.5 Å². The van der Waals surface area contributed by atoms with Gasteiger partial charge in [0.15, 0.2) is 0 Å². The van der Waals surface area contributed by atoms with E-state index in [2.05, 4.69) is 0 Å². The van der Waals surface area contributed by atoms with E-state index in [9.17, 15) is 18.3 Å². The predicted molar refractivity (Wildman–Crippen MR) is 72.4 cm³/mol. The van der Waals surface area contributed by atoms with Crippen LogP contribution in [0.25, 0.3) is 0 Å². The average Bonchev–Trinajstić information content (AvgIpc) is 2.28. The predicted octanol–water partition coefficient (Wildman–Crippen LogP) is 1.55. The van der Waals surface area contributed by atoms with Gasteiger partial charge >= 0.3 is 5.97 Å². The van der Waals surface area contributed by atoms with E-state index >= 15 is 0 Å². The highest BCUT2D eigenvalue weighted by molar-refractivity contribution is 7.93. The number of carboxylic acids is 1. The van der Waals surface area contributed by atoms with E-state index in [1.807, 2.05) is 6.92 Å². The van der Waals surface area contributed by atoms with Gasteiger partial charge in [0, 0.05) is 0 Å². The molecule has 0 spiro atoms. The van der Waals surface area contributed by atoms with Crippen LogP contribution in [-0.2, 0) is 14.6 Å². The third-order valence-corrected chi connectivity index (χ3v) is 5.08. The van der Waals surface area contributed by atoms with Crippen molar-refractivity contribution < 1.29 is 18.3 Å². The maximum atomic E-state index is 12.4. The Labute approximate surface area is 113 Å². The quantitative estimate of drug-likeness (QED) is 0.855. The minimum Gasteiger partial charge on any atom is -0.479 e. The van der Waals surface area contributed by atoms with Crippen LogP contribution < -0.4 is 5.73 Å². The summed E-state index contributed by atoms with van der Waals surface area (Å²) in [7, 11) is -4.13. The van der Waals surface area contributed by atoms with Gasteiger partial charge in [-0.2, -0.15) is 0 Å². The van der Waals surface area contributed by atoms with Crippen molar-refractivity contribution >= 4 is 15.8 Å². The van der Waals surface area contributed by atoms with Gasteiger partial charge in [-0.3, -0.25) is 0 Å². The summed E-state index contributed by atoms with van der Waals surface area (Å²) in [5.41, 5.74) is 6.59. The first kappa shape index (κ1) is 15.7. The molecule has 1 rings (SSSR count). The summed E-state index contributed by atoms with van der Waals surface area (Å²) in [5.74, 6) is -1.68. The van der Waals surface area contributed by atoms with Crippen LogP contribution in [0.5, 0.6) is 0 Å². The third kappa shape index (κ3) is 2.96. The molecule has 0 saturated carbocycles. The molecule has 0 aromatic heterocycles. The molecule has 0 bridgehead atoms. The van der Waals surface area contributed by atoms with Gasteiger partial charge in [-0.1, -0.05) is 31.5 Å². The second-order valence-corrected chi connectivity index (χ2v) is 7.32. The standard InChI is InChI=1S/C13H19NO4S/c1-9(2)8-13(14,12(15)16)19(17,18)11-6-4-10(3)5-7-11/h4-7,9H,8,14H2,1-3H3,(H,15,16). The van der Waals surface area contributed by atoms with E-state index in [4.69, 9.17) is 5.73 Å². The third-order valence-electron chi connectivity index (χ3n) is 2.88. The van der Waals surface area contributed by atoms with Crippen LogP contribution in [0.1, 0.15) is 25.8 Å². The zero-order valence-electron chi connectivity index (χ0n) is 11.3. The van der Waals surface area contributed by atoms with Crippen molar-refractivity contribution in [1.29, 1.82) is 0 Å². The average molecular weight is 285 g/mol. The van der Waals surface area contributed by atoms with Gasteiger partial charge in [-0.15, -0.1) is 0 Å². The van der Waals surface area contributed by atoms with Crippen LogP contribution >= 0.6 is 0 Å². The van der Waals surface area contributed by atoms with Gasteiger partial charge in [0.1, 0.15) is 0 Å². The normalized spacial score (nSPS) is 15.2. The molecule has 0 saturated heterocycles. The summed E-state index contributed by atoms with van der Waals surface area (Å²) in [5, 5.41) is 9.23. The lowest BCUT2D eigenvalue weighted by Crippen LogP contribution is -2.55. The number of carbonyl (C=O) groups is 1. The van der Waals surface area contributed by atoms with E-state index in [-0.39, 0.29) is 17.2 Å². The van der Waals surface area contributed by atoms with Crippen molar-refractivity contribution in [2.45, 2.75) is 37.0 Å². The molecule has 0 heterocycles. The smallest absolute Gasteiger partial charge is 0.339 e. The fourth-order valence-corrected chi connectivity index (χ4v) is 3.54. The highest BCUT2D eigenvalue weighted by atomic mass is 32.2. The summed E-state index contributed by atoms with van der Waals surface area (Å²) in [6.45, 7) is 5.28. The summed E-state index contributed by atoms with van der Waals surface area (Å²) in [6, 6.07) is 6.00. The lowest BCUT2D eigenvalue weighted by molar-refractivity contribution is -0.140. The van der Waals surface area contributed by atoms with Crippen molar-refractivity contribution in [3.8, 4) is 0 Å². The molecular weight excluding hydrogens is 266 g/mol. The molecule has 0 aliphatic rings. The molecule has 1 aromatic carbocycles. The van der Waals surface area contributed by atoms with Gasteiger partial charge in [0.2, 0.25) is 14.7 Å². The van der Waals surface area contributed by atoms with E-state index in [0.29, 0.717) is 0 Å². The molecular formula is C13H19NO4S. The van der Waals surface area contributed by atoms with Gasteiger partial charge in [0.05, 0.1) is 4.90 Å². The Morgan fingerprint density at radius 2 is 1.79 bits per heavy atom. The highest BCUT2D eigenvalue weighted by Crippen LogP contribution is 2.28. The summed E-state index contributed by atoms with van der Waals surface area (Å²) in [4.78, 5) is 8.98. The second-order valence-electron chi connectivity index (χ2n) is 5.11. The van der Waals surface area contributed by atoms with Gasteiger partial charge in [-0.05, 0) is 31.4 Å². The molecule has 0 radical (unpaired) electrons. The van der Waals surface area contributed by atoms with E-state index in [0.717, 1.165) is 5.56 Å². The molecule has 19 heavy (non-hydrogen) atoms. The van der Waals surface area contributed by atoms with Gasteiger partial charge in [0.25, 0.3) is 0 Å². The molecule has 1 aromatic rings. The van der Waals surface area contributed by atoms with Crippen molar-refractivity contribution in [1.82, 2.24) is 0 Å². The van der Waals surface area contributed by atoms with Crippen molar-refractivity contribution in [3.63, 3.8) is 0 Å². The van der Waals surface area contributed by atoms with Crippen LogP contribution in [0.15, 0.2) is 29.2 Å². The SMILES string of the molecule is Cc1ccc(S(=O)(=O)C(N)(CC(C)C)C(=O)O)cc1. The van der Waals surface area contributed by atoms with Crippen LogP contribution in [-0.4, -0.2) is 24.4 Å². The fraction of sp³-hybridized carbons (Fsp3) is 0.462. The number of aryl methyl sites for hydroxylation is 1. The molecule has 1 unspecified atom stereocenters.